The highest BCUT2D eigenvalue weighted by Gasteiger charge is 2.16. The van der Waals surface area contributed by atoms with Crippen molar-refractivity contribution >= 4 is 18.0 Å². The largest absolute Gasteiger partial charge is 0.546 e. The molecule has 0 amide bonds. The predicted molar refractivity (Wildman–Crippen MR) is 85.5 cm³/mol. The molecular weight excluding hydrogens is 328 g/mol. The van der Waals surface area contributed by atoms with E-state index < -0.39 is 23.8 Å². The third kappa shape index (κ3) is 5.28. The van der Waals surface area contributed by atoms with Gasteiger partial charge in [0, 0.05) is 12.5 Å². The molecule has 1 atom stereocenters. The van der Waals surface area contributed by atoms with Crippen LogP contribution in [0.25, 0.3) is 6.08 Å². The summed E-state index contributed by atoms with van der Waals surface area (Å²) in [5.74, 6) is -3.14. The van der Waals surface area contributed by atoms with Crippen molar-refractivity contribution in [1.82, 2.24) is 0 Å². The molecule has 0 bridgehead atoms. The number of aliphatic carboxylic acids is 1. The molecule has 7 nitrogen and oxygen atoms in total. The van der Waals surface area contributed by atoms with Crippen molar-refractivity contribution in [3.63, 3.8) is 0 Å². The lowest BCUT2D eigenvalue weighted by molar-refractivity contribution is -0.315. The fourth-order valence-electron chi connectivity index (χ4n) is 2.01. The van der Waals surface area contributed by atoms with Gasteiger partial charge in [-0.3, -0.25) is 0 Å². The fraction of sp³-hybridized carbons (Fsp3) is 0.111. The third-order valence-electron chi connectivity index (χ3n) is 3.29. The summed E-state index contributed by atoms with van der Waals surface area (Å²) < 4.78 is 4.85. The van der Waals surface area contributed by atoms with E-state index in [0.717, 1.165) is 6.08 Å². The topological polar surface area (TPSA) is 127 Å². The highest BCUT2D eigenvalue weighted by Crippen LogP contribution is 2.25. The number of phenolic OH excluding ortho intramolecular Hbond substituents is 3. The lowest BCUT2D eigenvalue weighted by Gasteiger charge is -2.18. The number of esters is 1. The van der Waals surface area contributed by atoms with Gasteiger partial charge in [-0.25, -0.2) is 4.79 Å². The molecule has 2 aromatic carbocycles. The zero-order valence-corrected chi connectivity index (χ0v) is 13.0. The van der Waals surface area contributed by atoms with Gasteiger partial charge in [-0.15, -0.1) is 0 Å². The Kier molecular flexibility index (Phi) is 5.62. The van der Waals surface area contributed by atoms with Gasteiger partial charge in [-0.1, -0.05) is 18.2 Å². The first-order chi connectivity index (χ1) is 11.8. The van der Waals surface area contributed by atoms with Crippen LogP contribution in [0.3, 0.4) is 0 Å². The maximum Gasteiger partial charge on any atom is 0.331 e. The molecular formula is C18H15O7-. The predicted octanol–water partition coefficient (Wildman–Crippen LogP) is 0.721. The van der Waals surface area contributed by atoms with Crippen LogP contribution in [0.5, 0.6) is 17.2 Å². The van der Waals surface area contributed by atoms with E-state index in [0.29, 0.717) is 11.1 Å². The second-order valence-electron chi connectivity index (χ2n) is 5.20. The van der Waals surface area contributed by atoms with E-state index in [2.05, 4.69) is 0 Å². The monoisotopic (exact) mass is 343 g/mol. The van der Waals surface area contributed by atoms with E-state index in [-0.39, 0.29) is 17.9 Å². The van der Waals surface area contributed by atoms with Crippen LogP contribution in [-0.4, -0.2) is 33.4 Å². The minimum atomic E-state index is -1.58. The standard InChI is InChI=1S/C18H16O7/c19-13-5-1-11(2-6-13)4-8-17(22)25-16(18(23)24)10-12-3-7-14(20)15(21)9-12/h1-9,16,19-21H,10H2,(H,23,24)/p-1/b8-4+/t16-/m1/s1. The number of carboxylic acid groups (broad SMARTS) is 1. The highest BCUT2D eigenvalue weighted by atomic mass is 16.6. The lowest BCUT2D eigenvalue weighted by atomic mass is 10.1. The van der Waals surface area contributed by atoms with Crippen LogP contribution in [0, 0.1) is 0 Å². The van der Waals surface area contributed by atoms with Crippen LogP contribution < -0.4 is 5.11 Å². The van der Waals surface area contributed by atoms with Gasteiger partial charge in [0.1, 0.15) is 11.9 Å². The normalized spacial score (nSPS) is 12.0. The van der Waals surface area contributed by atoms with Crippen molar-refractivity contribution in [2.24, 2.45) is 0 Å². The molecule has 0 radical (unpaired) electrons. The maximum absolute atomic E-state index is 11.8. The molecule has 3 N–H and O–H groups in total. The van der Waals surface area contributed by atoms with Gasteiger partial charge in [0.2, 0.25) is 0 Å². The van der Waals surface area contributed by atoms with Gasteiger partial charge in [0.05, 0.1) is 5.97 Å². The highest BCUT2D eigenvalue weighted by molar-refractivity contribution is 5.89. The van der Waals surface area contributed by atoms with Crippen molar-refractivity contribution in [2.45, 2.75) is 12.5 Å². The SMILES string of the molecule is O=C(/C=C/c1ccc(O)cc1)O[C@H](Cc1ccc(O)c(O)c1)C(=O)[O-]. The maximum atomic E-state index is 11.8. The Balaban J connectivity index is 2.02. The lowest BCUT2D eigenvalue weighted by Crippen LogP contribution is -2.40. The minimum Gasteiger partial charge on any atom is -0.546 e. The third-order valence-corrected chi connectivity index (χ3v) is 3.29. The number of aromatic hydroxyl groups is 3. The Labute approximate surface area is 143 Å². The summed E-state index contributed by atoms with van der Waals surface area (Å²) in [6.07, 6.45) is 0.674. The summed E-state index contributed by atoms with van der Waals surface area (Å²) in [6.45, 7) is 0. The molecule has 0 aliphatic heterocycles. The average molecular weight is 343 g/mol. The molecule has 0 heterocycles. The number of benzene rings is 2. The first-order valence-corrected chi connectivity index (χ1v) is 7.24. The zero-order valence-electron chi connectivity index (χ0n) is 13.0. The molecule has 2 rings (SSSR count). The van der Waals surface area contributed by atoms with E-state index in [9.17, 15) is 24.9 Å². The number of hydrogen-bond acceptors (Lipinski definition) is 7. The molecule has 2 aromatic rings. The summed E-state index contributed by atoms with van der Waals surface area (Å²) in [5, 5.41) is 39.0. The molecule has 0 aromatic heterocycles. The van der Waals surface area contributed by atoms with Gasteiger partial charge in [-0.05, 0) is 41.5 Å². The Bertz CT molecular complexity index is 794. The average Bonchev–Trinajstić information content (AvgIpc) is 2.57. The van der Waals surface area contributed by atoms with Crippen molar-refractivity contribution in [2.75, 3.05) is 0 Å². The van der Waals surface area contributed by atoms with Crippen molar-refractivity contribution in [1.29, 1.82) is 0 Å². The van der Waals surface area contributed by atoms with Gasteiger partial charge in [0.15, 0.2) is 11.5 Å². The molecule has 0 unspecified atom stereocenters. The molecule has 0 fully saturated rings. The summed E-state index contributed by atoms with van der Waals surface area (Å²) in [6, 6.07) is 9.77. The summed E-state index contributed by atoms with van der Waals surface area (Å²) >= 11 is 0. The smallest absolute Gasteiger partial charge is 0.331 e. The Morgan fingerprint density at radius 3 is 2.32 bits per heavy atom. The Morgan fingerprint density at radius 1 is 1.04 bits per heavy atom. The number of carbonyl (C=O) groups is 2. The van der Waals surface area contributed by atoms with Crippen molar-refractivity contribution < 1.29 is 34.8 Å². The first kappa shape index (κ1) is 17.9. The van der Waals surface area contributed by atoms with E-state index in [1.54, 1.807) is 12.1 Å². The van der Waals surface area contributed by atoms with Gasteiger partial charge >= 0.3 is 5.97 Å². The number of rotatable bonds is 6. The van der Waals surface area contributed by atoms with Crippen molar-refractivity contribution in [3.05, 3.63) is 59.7 Å². The minimum absolute atomic E-state index is 0.0777. The van der Waals surface area contributed by atoms with Crippen LogP contribution in [-0.2, 0) is 20.7 Å². The second kappa shape index (κ2) is 7.87. The molecule has 0 saturated heterocycles. The molecule has 0 aliphatic rings. The van der Waals surface area contributed by atoms with Gasteiger partial charge in [-0.2, -0.15) is 0 Å². The number of ether oxygens (including phenoxy) is 1. The van der Waals surface area contributed by atoms with Crippen LogP contribution >= 0.6 is 0 Å². The Morgan fingerprint density at radius 2 is 1.72 bits per heavy atom. The fourth-order valence-corrected chi connectivity index (χ4v) is 2.01. The van der Waals surface area contributed by atoms with Crippen LogP contribution in [0.2, 0.25) is 0 Å². The molecule has 130 valence electrons. The first-order valence-electron chi connectivity index (χ1n) is 7.24. The molecule has 25 heavy (non-hydrogen) atoms. The van der Waals surface area contributed by atoms with Gasteiger partial charge in [0.25, 0.3) is 0 Å². The number of carboxylic acids is 1. The summed E-state index contributed by atoms with van der Waals surface area (Å²) in [4.78, 5) is 22.9. The summed E-state index contributed by atoms with van der Waals surface area (Å²) in [7, 11) is 0. The van der Waals surface area contributed by atoms with E-state index in [1.165, 1.54) is 36.4 Å². The Hall–Kier alpha value is -3.48. The second-order valence-corrected chi connectivity index (χ2v) is 5.20. The molecule has 0 aliphatic carbocycles. The van der Waals surface area contributed by atoms with E-state index in [1.807, 2.05) is 0 Å². The van der Waals surface area contributed by atoms with Gasteiger partial charge < -0.3 is 30.0 Å². The molecule has 0 spiro atoms. The molecule has 7 heteroatoms. The number of hydrogen-bond donors (Lipinski definition) is 3. The zero-order chi connectivity index (χ0) is 18.4. The van der Waals surface area contributed by atoms with Crippen molar-refractivity contribution in [3.8, 4) is 17.2 Å². The van der Waals surface area contributed by atoms with Crippen LogP contribution in [0.1, 0.15) is 11.1 Å². The summed E-state index contributed by atoms with van der Waals surface area (Å²) in [5.41, 5.74) is 0.961. The molecule has 0 saturated carbocycles. The quantitative estimate of drug-likeness (QED) is 0.401. The van der Waals surface area contributed by atoms with E-state index >= 15 is 0 Å². The van der Waals surface area contributed by atoms with Crippen LogP contribution in [0.4, 0.5) is 0 Å². The van der Waals surface area contributed by atoms with E-state index in [4.69, 9.17) is 9.84 Å². The number of phenols is 3. The number of carbonyl (C=O) groups excluding carboxylic acids is 2. The van der Waals surface area contributed by atoms with Crippen LogP contribution in [0.15, 0.2) is 48.5 Å².